The van der Waals surface area contributed by atoms with Gasteiger partial charge in [0.1, 0.15) is 5.60 Å². The Morgan fingerprint density at radius 1 is 1.20 bits per heavy atom. The minimum Gasteiger partial charge on any atom is -0.332 e. The van der Waals surface area contributed by atoms with Crippen molar-refractivity contribution in [3.63, 3.8) is 0 Å². The molecule has 0 aromatic heterocycles. The van der Waals surface area contributed by atoms with Crippen LogP contribution in [0, 0.1) is 5.41 Å². The summed E-state index contributed by atoms with van der Waals surface area (Å²) in [5.41, 5.74) is -0.389. The molecule has 1 unspecified atom stereocenters. The average Bonchev–Trinajstić information content (AvgIpc) is 2.05. The van der Waals surface area contributed by atoms with Crippen LogP contribution in [-0.2, 0) is 4.74 Å². The van der Waals surface area contributed by atoms with E-state index >= 15 is 0 Å². The van der Waals surface area contributed by atoms with Crippen LogP contribution in [0.2, 0.25) is 0 Å². The molecule has 10 heavy (non-hydrogen) atoms. The number of alkyl halides is 2. The average molecular weight is 183 g/mol. The zero-order valence-electron chi connectivity index (χ0n) is 6.66. The van der Waals surface area contributed by atoms with Gasteiger partial charge in [-0.15, -0.1) is 0 Å². The summed E-state index contributed by atoms with van der Waals surface area (Å²) in [7, 11) is 0. The maximum absolute atomic E-state index is 5.78. The third kappa shape index (κ3) is 0.956. The van der Waals surface area contributed by atoms with Gasteiger partial charge in [-0.25, -0.2) is 0 Å². The van der Waals surface area contributed by atoms with E-state index in [9.17, 15) is 0 Å². The quantitative estimate of drug-likeness (QED) is 0.415. The zero-order valence-corrected chi connectivity index (χ0v) is 8.18. The number of rotatable bonds is 0. The van der Waals surface area contributed by atoms with E-state index < -0.39 is 4.52 Å². The number of hydrogen-bond acceptors (Lipinski definition) is 1. The zero-order chi connectivity index (χ0) is 8.21. The highest BCUT2D eigenvalue weighted by Crippen LogP contribution is 2.62. The lowest BCUT2D eigenvalue weighted by Crippen LogP contribution is -2.30. The van der Waals surface area contributed by atoms with E-state index in [2.05, 4.69) is 20.8 Å². The first kappa shape index (κ1) is 8.63. The Balaban J connectivity index is 2.78. The second kappa shape index (κ2) is 1.82. The van der Waals surface area contributed by atoms with Gasteiger partial charge in [0.2, 0.25) is 4.52 Å². The van der Waals surface area contributed by atoms with Crippen molar-refractivity contribution in [3.05, 3.63) is 0 Å². The van der Waals surface area contributed by atoms with Crippen LogP contribution in [0.4, 0.5) is 0 Å². The lowest BCUT2D eigenvalue weighted by molar-refractivity contribution is 0.173. The highest BCUT2D eigenvalue weighted by atomic mass is 35.5. The van der Waals surface area contributed by atoms with Gasteiger partial charge in [-0.3, -0.25) is 0 Å². The van der Waals surface area contributed by atoms with Crippen molar-refractivity contribution in [2.45, 2.75) is 37.8 Å². The molecule has 0 aliphatic carbocycles. The Bertz CT molecular complexity index is 159. The molecule has 1 atom stereocenters. The summed E-state index contributed by atoms with van der Waals surface area (Å²) in [6.07, 6.45) is 0. The number of halogens is 2. The summed E-state index contributed by atoms with van der Waals surface area (Å²) in [4.78, 5) is 0. The minimum absolute atomic E-state index is 0.00347. The molecule has 0 spiro atoms. The van der Waals surface area contributed by atoms with Crippen LogP contribution >= 0.6 is 23.2 Å². The minimum atomic E-state index is -0.967. The maximum Gasteiger partial charge on any atom is 0.248 e. The molecule has 1 rings (SSSR count). The first-order valence-electron chi connectivity index (χ1n) is 3.29. The largest absolute Gasteiger partial charge is 0.332 e. The van der Waals surface area contributed by atoms with E-state index in [1.165, 1.54) is 0 Å². The SMILES string of the molecule is CC(C)(C)C1(C)OC1(Cl)Cl. The van der Waals surface area contributed by atoms with Crippen molar-refractivity contribution in [1.29, 1.82) is 0 Å². The summed E-state index contributed by atoms with van der Waals surface area (Å²) >= 11 is 11.6. The van der Waals surface area contributed by atoms with Gasteiger partial charge >= 0.3 is 0 Å². The molecular formula is C7H12Cl2O. The van der Waals surface area contributed by atoms with E-state index in [1.54, 1.807) is 0 Å². The van der Waals surface area contributed by atoms with Gasteiger partial charge < -0.3 is 4.74 Å². The first-order chi connectivity index (χ1) is 4.21. The third-order valence-corrected chi connectivity index (χ3v) is 3.15. The molecule has 0 aromatic rings. The molecule has 0 saturated carbocycles. The van der Waals surface area contributed by atoms with Gasteiger partial charge in [-0.1, -0.05) is 44.0 Å². The molecular weight excluding hydrogens is 171 g/mol. The van der Waals surface area contributed by atoms with Crippen LogP contribution in [0.3, 0.4) is 0 Å². The monoisotopic (exact) mass is 182 g/mol. The summed E-state index contributed by atoms with van der Waals surface area (Å²) in [6.45, 7) is 8.09. The van der Waals surface area contributed by atoms with Crippen LogP contribution < -0.4 is 0 Å². The van der Waals surface area contributed by atoms with E-state index in [0.717, 1.165) is 0 Å². The van der Waals surface area contributed by atoms with Gasteiger partial charge in [0.25, 0.3) is 0 Å². The maximum atomic E-state index is 5.78. The van der Waals surface area contributed by atoms with Crippen LogP contribution in [0.1, 0.15) is 27.7 Å². The smallest absolute Gasteiger partial charge is 0.248 e. The predicted molar refractivity (Wildman–Crippen MR) is 43.4 cm³/mol. The van der Waals surface area contributed by atoms with Crippen LogP contribution in [0.5, 0.6) is 0 Å². The highest BCUT2D eigenvalue weighted by molar-refractivity contribution is 6.50. The van der Waals surface area contributed by atoms with E-state index in [-0.39, 0.29) is 11.0 Å². The van der Waals surface area contributed by atoms with Crippen molar-refractivity contribution in [2.75, 3.05) is 0 Å². The molecule has 0 N–H and O–H groups in total. The Morgan fingerprint density at radius 2 is 1.50 bits per heavy atom. The van der Waals surface area contributed by atoms with Gasteiger partial charge in [0.05, 0.1) is 0 Å². The fraction of sp³-hybridized carbons (Fsp3) is 1.00. The third-order valence-electron chi connectivity index (χ3n) is 2.28. The van der Waals surface area contributed by atoms with Crippen LogP contribution in [-0.4, -0.2) is 10.1 Å². The Kier molecular flexibility index (Phi) is 1.57. The lowest BCUT2D eigenvalue weighted by atomic mass is 9.82. The Hall–Kier alpha value is 0.540. The van der Waals surface area contributed by atoms with Gasteiger partial charge in [0.15, 0.2) is 0 Å². The molecule has 0 aromatic carbocycles. The molecule has 3 heteroatoms. The predicted octanol–water partition coefficient (Wildman–Crippen LogP) is 2.95. The lowest BCUT2D eigenvalue weighted by Gasteiger charge is -2.23. The number of hydrogen-bond donors (Lipinski definition) is 0. The van der Waals surface area contributed by atoms with Crippen LogP contribution in [0.15, 0.2) is 0 Å². The number of epoxide rings is 1. The summed E-state index contributed by atoms with van der Waals surface area (Å²) in [5, 5.41) is 0. The molecule has 1 saturated heterocycles. The molecule has 0 radical (unpaired) electrons. The van der Waals surface area contributed by atoms with Gasteiger partial charge in [0, 0.05) is 0 Å². The second-order valence-electron chi connectivity index (χ2n) is 3.90. The summed E-state index contributed by atoms with van der Waals surface area (Å²) in [6, 6.07) is 0. The van der Waals surface area contributed by atoms with E-state index in [1.807, 2.05) is 6.92 Å². The number of ether oxygens (including phenoxy) is 1. The van der Waals surface area contributed by atoms with Crippen LogP contribution in [0.25, 0.3) is 0 Å². The molecule has 1 heterocycles. The van der Waals surface area contributed by atoms with Gasteiger partial charge in [-0.2, -0.15) is 0 Å². The standard InChI is InChI=1S/C7H12Cl2O/c1-5(2,3)6(4)7(8,9)10-6/h1-4H3. The van der Waals surface area contributed by atoms with Crippen molar-refractivity contribution < 1.29 is 4.74 Å². The Morgan fingerprint density at radius 3 is 1.50 bits per heavy atom. The normalized spacial score (nSPS) is 37.8. The molecule has 60 valence electrons. The highest BCUT2D eigenvalue weighted by Gasteiger charge is 2.71. The van der Waals surface area contributed by atoms with E-state index in [4.69, 9.17) is 27.9 Å². The van der Waals surface area contributed by atoms with E-state index in [0.29, 0.717) is 0 Å². The van der Waals surface area contributed by atoms with Crippen molar-refractivity contribution in [3.8, 4) is 0 Å². The summed E-state index contributed by atoms with van der Waals surface area (Å²) in [5.74, 6) is 0. The first-order valence-corrected chi connectivity index (χ1v) is 4.04. The van der Waals surface area contributed by atoms with Crippen molar-refractivity contribution in [2.24, 2.45) is 5.41 Å². The summed E-state index contributed by atoms with van der Waals surface area (Å²) < 4.78 is 4.22. The van der Waals surface area contributed by atoms with Crippen molar-refractivity contribution >= 4 is 23.2 Å². The van der Waals surface area contributed by atoms with Crippen molar-refractivity contribution in [1.82, 2.24) is 0 Å². The molecule has 1 aliphatic heterocycles. The second-order valence-corrected chi connectivity index (χ2v) is 5.16. The topological polar surface area (TPSA) is 12.5 Å². The van der Waals surface area contributed by atoms with Gasteiger partial charge in [-0.05, 0) is 12.3 Å². The Labute approximate surface area is 71.6 Å². The molecule has 1 aliphatic rings. The molecule has 1 nitrogen and oxygen atoms in total. The molecule has 1 fully saturated rings. The fourth-order valence-electron chi connectivity index (χ4n) is 0.821. The molecule has 0 bridgehead atoms. The fourth-order valence-corrected chi connectivity index (χ4v) is 1.70. The molecule has 0 amide bonds.